The molecule has 2 rings (SSSR count). The van der Waals surface area contributed by atoms with Crippen LogP contribution in [0.3, 0.4) is 0 Å². The topological polar surface area (TPSA) is 55.9 Å². The maximum Gasteiger partial charge on any atom is 0.148 e. The van der Waals surface area contributed by atoms with E-state index in [4.69, 9.17) is 5.73 Å². The van der Waals surface area contributed by atoms with Crippen LogP contribution in [0.2, 0.25) is 0 Å². The standard InChI is InChI=1S/C14H26N4/c1-9(2)13-12(15)14(18(4)17-13)16-11-8-6-5-7-10(11)3/h9-11,16H,5-8,15H2,1-4H3. The molecule has 0 saturated heterocycles. The minimum atomic E-state index is 0.371. The van der Waals surface area contributed by atoms with Crippen LogP contribution in [-0.2, 0) is 7.05 Å². The molecule has 0 aromatic carbocycles. The third-order valence-corrected chi connectivity index (χ3v) is 4.09. The number of anilines is 2. The number of nitrogens with two attached hydrogens (primary N) is 1. The summed E-state index contributed by atoms with van der Waals surface area (Å²) < 4.78 is 1.89. The predicted molar refractivity (Wildman–Crippen MR) is 76.8 cm³/mol. The molecule has 1 aromatic rings. The monoisotopic (exact) mass is 250 g/mol. The average Bonchev–Trinajstić information content (AvgIpc) is 2.60. The lowest BCUT2D eigenvalue weighted by Gasteiger charge is -2.30. The predicted octanol–water partition coefficient (Wildman–Crippen LogP) is 3.12. The summed E-state index contributed by atoms with van der Waals surface area (Å²) in [6.45, 7) is 6.59. The summed E-state index contributed by atoms with van der Waals surface area (Å²) in [6.07, 6.45) is 5.23. The first-order valence-corrected chi connectivity index (χ1v) is 7.09. The Bertz CT molecular complexity index is 408. The van der Waals surface area contributed by atoms with Gasteiger partial charge in [0.1, 0.15) is 5.82 Å². The van der Waals surface area contributed by atoms with Gasteiger partial charge in [0.15, 0.2) is 0 Å². The molecule has 1 aromatic heterocycles. The quantitative estimate of drug-likeness (QED) is 0.866. The van der Waals surface area contributed by atoms with Crippen LogP contribution in [0.5, 0.6) is 0 Å². The van der Waals surface area contributed by atoms with E-state index in [-0.39, 0.29) is 0 Å². The molecule has 2 unspecified atom stereocenters. The van der Waals surface area contributed by atoms with Crippen LogP contribution in [0.1, 0.15) is 58.1 Å². The summed E-state index contributed by atoms with van der Waals surface area (Å²) in [6, 6.07) is 0.538. The van der Waals surface area contributed by atoms with E-state index in [1.165, 1.54) is 25.7 Å². The summed E-state index contributed by atoms with van der Waals surface area (Å²) in [5.74, 6) is 2.09. The fraction of sp³-hybridized carbons (Fsp3) is 0.786. The van der Waals surface area contributed by atoms with E-state index in [9.17, 15) is 0 Å². The van der Waals surface area contributed by atoms with Crippen molar-refractivity contribution in [3.63, 3.8) is 0 Å². The third-order valence-electron chi connectivity index (χ3n) is 4.09. The number of hydrogen-bond acceptors (Lipinski definition) is 3. The summed E-state index contributed by atoms with van der Waals surface area (Å²) in [5, 5.41) is 8.15. The van der Waals surface area contributed by atoms with E-state index < -0.39 is 0 Å². The molecule has 3 N–H and O–H groups in total. The van der Waals surface area contributed by atoms with E-state index in [2.05, 4.69) is 31.2 Å². The Morgan fingerprint density at radius 2 is 2.00 bits per heavy atom. The fourth-order valence-corrected chi connectivity index (χ4v) is 2.87. The smallest absolute Gasteiger partial charge is 0.148 e. The summed E-state index contributed by atoms with van der Waals surface area (Å²) in [5.41, 5.74) is 8.05. The maximum atomic E-state index is 6.22. The van der Waals surface area contributed by atoms with E-state index >= 15 is 0 Å². The number of aromatic nitrogens is 2. The number of hydrogen-bond donors (Lipinski definition) is 2. The molecule has 102 valence electrons. The fourth-order valence-electron chi connectivity index (χ4n) is 2.87. The van der Waals surface area contributed by atoms with Gasteiger partial charge in [0.2, 0.25) is 0 Å². The van der Waals surface area contributed by atoms with Crippen LogP contribution in [-0.4, -0.2) is 15.8 Å². The Morgan fingerprint density at radius 3 is 2.56 bits per heavy atom. The molecule has 1 fully saturated rings. The zero-order chi connectivity index (χ0) is 13.3. The third kappa shape index (κ3) is 2.47. The molecule has 1 aliphatic rings. The number of nitrogen functional groups attached to an aromatic ring is 1. The first kappa shape index (κ1) is 13.2. The van der Waals surface area contributed by atoms with Gasteiger partial charge in [-0.05, 0) is 24.7 Å². The summed E-state index contributed by atoms with van der Waals surface area (Å²) in [4.78, 5) is 0. The molecule has 0 spiro atoms. The Balaban J connectivity index is 2.18. The van der Waals surface area contributed by atoms with Crippen LogP contribution >= 0.6 is 0 Å². The zero-order valence-corrected chi connectivity index (χ0v) is 12.0. The van der Waals surface area contributed by atoms with Gasteiger partial charge in [-0.2, -0.15) is 5.10 Å². The molecule has 1 heterocycles. The van der Waals surface area contributed by atoms with Gasteiger partial charge >= 0.3 is 0 Å². The molecule has 1 saturated carbocycles. The zero-order valence-electron chi connectivity index (χ0n) is 12.0. The van der Waals surface area contributed by atoms with Crippen molar-refractivity contribution in [3.05, 3.63) is 5.69 Å². The second-order valence-corrected chi connectivity index (χ2v) is 5.94. The van der Waals surface area contributed by atoms with Crippen molar-refractivity contribution in [3.8, 4) is 0 Å². The lowest BCUT2D eigenvalue weighted by molar-refractivity contribution is 0.348. The average molecular weight is 250 g/mol. The van der Waals surface area contributed by atoms with E-state index in [0.717, 1.165) is 23.1 Å². The second kappa shape index (κ2) is 5.21. The summed E-state index contributed by atoms with van der Waals surface area (Å²) in [7, 11) is 1.97. The molecule has 4 nitrogen and oxygen atoms in total. The second-order valence-electron chi connectivity index (χ2n) is 5.94. The van der Waals surface area contributed by atoms with Gasteiger partial charge in [0, 0.05) is 13.1 Å². The van der Waals surface area contributed by atoms with Crippen LogP contribution in [0, 0.1) is 5.92 Å². The minimum absolute atomic E-state index is 0.371. The lowest BCUT2D eigenvalue weighted by atomic mass is 9.86. The molecule has 1 aliphatic carbocycles. The highest BCUT2D eigenvalue weighted by Gasteiger charge is 2.24. The van der Waals surface area contributed by atoms with Gasteiger partial charge < -0.3 is 11.1 Å². The summed E-state index contributed by atoms with van der Waals surface area (Å²) >= 11 is 0. The number of aryl methyl sites for hydroxylation is 1. The van der Waals surface area contributed by atoms with Crippen molar-refractivity contribution in [2.75, 3.05) is 11.1 Å². The van der Waals surface area contributed by atoms with Crippen molar-refractivity contribution in [2.45, 2.75) is 58.4 Å². The molecule has 0 bridgehead atoms. The Kier molecular flexibility index (Phi) is 3.83. The minimum Gasteiger partial charge on any atom is -0.394 e. The highest BCUT2D eigenvalue weighted by Crippen LogP contribution is 2.32. The number of rotatable bonds is 3. The first-order chi connectivity index (χ1) is 8.50. The molecular formula is C14H26N4. The van der Waals surface area contributed by atoms with E-state index in [1.54, 1.807) is 0 Å². The molecule has 0 aliphatic heterocycles. The van der Waals surface area contributed by atoms with Crippen LogP contribution in [0.25, 0.3) is 0 Å². The Morgan fingerprint density at radius 1 is 1.33 bits per heavy atom. The lowest BCUT2D eigenvalue weighted by Crippen LogP contribution is -2.31. The molecule has 2 atom stereocenters. The van der Waals surface area contributed by atoms with Gasteiger partial charge in [-0.15, -0.1) is 0 Å². The van der Waals surface area contributed by atoms with Gasteiger partial charge in [0.25, 0.3) is 0 Å². The van der Waals surface area contributed by atoms with Crippen LogP contribution in [0.15, 0.2) is 0 Å². The van der Waals surface area contributed by atoms with Gasteiger partial charge in [-0.3, -0.25) is 4.68 Å². The highest BCUT2D eigenvalue weighted by atomic mass is 15.3. The van der Waals surface area contributed by atoms with Gasteiger partial charge in [0.05, 0.1) is 11.4 Å². The molecular weight excluding hydrogens is 224 g/mol. The molecule has 4 heteroatoms. The van der Waals surface area contributed by atoms with E-state index in [1.807, 2.05) is 11.7 Å². The number of nitrogens with zero attached hydrogens (tertiary/aromatic N) is 2. The van der Waals surface area contributed by atoms with Crippen molar-refractivity contribution in [2.24, 2.45) is 13.0 Å². The Hall–Kier alpha value is -1.19. The van der Waals surface area contributed by atoms with Gasteiger partial charge in [-0.1, -0.05) is 33.6 Å². The normalized spacial score (nSPS) is 24.5. The van der Waals surface area contributed by atoms with Crippen molar-refractivity contribution >= 4 is 11.5 Å². The van der Waals surface area contributed by atoms with Crippen molar-refractivity contribution in [1.29, 1.82) is 0 Å². The van der Waals surface area contributed by atoms with Crippen LogP contribution < -0.4 is 11.1 Å². The SMILES string of the molecule is CC(C)c1nn(C)c(NC2CCCCC2C)c1N. The van der Waals surface area contributed by atoms with Crippen LogP contribution in [0.4, 0.5) is 11.5 Å². The number of nitrogens with one attached hydrogen (secondary N) is 1. The molecule has 0 amide bonds. The first-order valence-electron chi connectivity index (χ1n) is 7.09. The van der Waals surface area contributed by atoms with E-state index in [0.29, 0.717) is 12.0 Å². The van der Waals surface area contributed by atoms with Crippen molar-refractivity contribution in [1.82, 2.24) is 9.78 Å². The molecule has 18 heavy (non-hydrogen) atoms. The van der Waals surface area contributed by atoms with Crippen molar-refractivity contribution < 1.29 is 0 Å². The maximum absolute atomic E-state index is 6.22. The Labute approximate surface area is 110 Å². The molecule has 0 radical (unpaired) electrons. The van der Waals surface area contributed by atoms with Gasteiger partial charge in [-0.25, -0.2) is 0 Å². The highest BCUT2D eigenvalue weighted by molar-refractivity contribution is 5.66. The largest absolute Gasteiger partial charge is 0.394 e.